The van der Waals surface area contributed by atoms with Crippen LogP contribution in [0.4, 0.5) is 0 Å². The van der Waals surface area contributed by atoms with Gasteiger partial charge in [-0.25, -0.2) is 8.42 Å². The molecule has 0 aromatic rings. The lowest BCUT2D eigenvalue weighted by Crippen LogP contribution is -2.51. The van der Waals surface area contributed by atoms with Gasteiger partial charge in [0, 0.05) is 23.8 Å². The van der Waals surface area contributed by atoms with Crippen LogP contribution in [0.2, 0.25) is 0 Å². The molecule has 1 saturated heterocycles. The van der Waals surface area contributed by atoms with E-state index in [9.17, 15) is 13.2 Å². The van der Waals surface area contributed by atoms with E-state index in [4.69, 9.17) is 4.74 Å². The summed E-state index contributed by atoms with van der Waals surface area (Å²) in [4.78, 5) is 13.5. The number of carbonyl (C=O) groups is 1. The maximum Gasteiger partial charge on any atom is 0.249 e. The largest absolute Gasteiger partial charge is 0.369 e. The van der Waals surface area contributed by atoms with Crippen LogP contribution in [0.15, 0.2) is 0 Å². The molecule has 106 valence electrons. The maximum atomic E-state index is 12.0. The van der Waals surface area contributed by atoms with Crippen molar-refractivity contribution in [3.8, 4) is 0 Å². The average Bonchev–Trinajstić information content (AvgIpc) is 2.36. The molecule has 0 saturated carbocycles. The van der Waals surface area contributed by atoms with E-state index in [-0.39, 0.29) is 24.4 Å². The van der Waals surface area contributed by atoms with E-state index in [1.807, 2.05) is 13.8 Å². The fourth-order valence-corrected chi connectivity index (χ4v) is 4.66. The Balaban J connectivity index is 2.73. The van der Waals surface area contributed by atoms with Crippen LogP contribution in [-0.2, 0) is 19.4 Å². The number of sulfone groups is 1. The molecule has 1 fully saturated rings. The smallest absolute Gasteiger partial charge is 0.249 e. The molecule has 0 spiro atoms. The summed E-state index contributed by atoms with van der Waals surface area (Å²) in [7, 11) is -3.23. The number of carbonyl (C=O) groups excluding carboxylic acids is 1. The Morgan fingerprint density at radius 2 is 2.17 bits per heavy atom. The van der Waals surface area contributed by atoms with Crippen LogP contribution in [0.5, 0.6) is 0 Å². The summed E-state index contributed by atoms with van der Waals surface area (Å²) >= 11 is 1.58. The van der Waals surface area contributed by atoms with Crippen molar-refractivity contribution in [2.45, 2.75) is 32.2 Å². The number of hydrogen-bond acceptors (Lipinski definition) is 5. The van der Waals surface area contributed by atoms with Crippen LogP contribution in [0.3, 0.4) is 0 Å². The Bertz CT molecular complexity index is 381. The minimum atomic E-state index is -3.23. The zero-order valence-electron chi connectivity index (χ0n) is 11.1. The molecule has 1 aliphatic heterocycles. The number of amides is 1. The van der Waals surface area contributed by atoms with Gasteiger partial charge in [-0.2, -0.15) is 11.8 Å². The van der Waals surface area contributed by atoms with Crippen LogP contribution < -0.4 is 0 Å². The molecule has 1 atom stereocenters. The van der Waals surface area contributed by atoms with Crippen molar-refractivity contribution in [1.29, 1.82) is 0 Å². The third-order valence-corrected chi connectivity index (χ3v) is 6.05. The number of hydrogen-bond donors (Lipinski definition) is 0. The Hall–Kier alpha value is -0.270. The highest BCUT2D eigenvalue weighted by atomic mass is 32.2. The van der Waals surface area contributed by atoms with Crippen LogP contribution in [0.25, 0.3) is 0 Å². The molecule has 5 nitrogen and oxygen atoms in total. The van der Waals surface area contributed by atoms with E-state index in [0.717, 1.165) is 5.75 Å². The summed E-state index contributed by atoms with van der Waals surface area (Å²) in [5.41, 5.74) is 0. The Labute approximate surface area is 113 Å². The number of ether oxygens (including phenoxy) is 1. The second-order valence-corrected chi connectivity index (χ2v) is 8.03. The van der Waals surface area contributed by atoms with Crippen molar-refractivity contribution in [1.82, 2.24) is 4.90 Å². The summed E-state index contributed by atoms with van der Waals surface area (Å²) in [5.74, 6) is 1.07. The van der Waals surface area contributed by atoms with E-state index >= 15 is 0 Å². The van der Waals surface area contributed by atoms with Gasteiger partial charge in [0.2, 0.25) is 5.91 Å². The van der Waals surface area contributed by atoms with Crippen molar-refractivity contribution in [2.24, 2.45) is 0 Å². The third-order valence-electron chi connectivity index (χ3n) is 2.76. The topological polar surface area (TPSA) is 63.7 Å². The average molecular weight is 295 g/mol. The fraction of sp³-hybridized carbons (Fsp3) is 0.909. The van der Waals surface area contributed by atoms with Gasteiger partial charge in [-0.3, -0.25) is 4.79 Å². The van der Waals surface area contributed by atoms with Crippen LogP contribution >= 0.6 is 11.8 Å². The highest BCUT2D eigenvalue weighted by Gasteiger charge is 2.35. The second kappa shape index (κ2) is 6.77. The monoisotopic (exact) mass is 295 g/mol. The van der Waals surface area contributed by atoms with Gasteiger partial charge in [0.05, 0.1) is 6.10 Å². The Morgan fingerprint density at radius 1 is 1.50 bits per heavy atom. The molecule has 1 rings (SSSR count). The van der Waals surface area contributed by atoms with Crippen molar-refractivity contribution in [3.05, 3.63) is 0 Å². The van der Waals surface area contributed by atoms with Crippen LogP contribution in [0.1, 0.15) is 20.8 Å². The van der Waals surface area contributed by atoms with E-state index in [1.165, 1.54) is 4.90 Å². The standard InChI is InChI=1S/C11H21NO4S2/c1-4-18(14,15)11-8-17-6-5-12(11)10(13)7-16-9(2)3/h9,11H,4-8H2,1-3H3. The highest BCUT2D eigenvalue weighted by molar-refractivity contribution is 8.01. The first-order chi connectivity index (χ1) is 8.38. The minimum absolute atomic E-state index is 0.0330. The molecule has 1 unspecified atom stereocenters. The lowest BCUT2D eigenvalue weighted by molar-refractivity contribution is -0.138. The molecular formula is C11H21NO4S2. The normalized spacial score (nSPS) is 21.3. The van der Waals surface area contributed by atoms with Gasteiger partial charge >= 0.3 is 0 Å². The van der Waals surface area contributed by atoms with Crippen molar-refractivity contribution < 1.29 is 17.9 Å². The van der Waals surface area contributed by atoms with Crippen LogP contribution in [0, 0.1) is 0 Å². The van der Waals surface area contributed by atoms with Crippen LogP contribution in [-0.4, -0.2) is 61.1 Å². The summed E-state index contributed by atoms with van der Waals surface area (Å²) in [6, 6.07) is 0. The van der Waals surface area contributed by atoms with Crippen molar-refractivity contribution in [2.75, 3.05) is 30.4 Å². The first kappa shape index (κ1) is 15.8. The molecular weight excluding hydrogens is 274 g/mol. The molecule has 0 aromatic heterocycles. The number of nitrogens with zero attached hydrogens (tertiary/aromatic N) is 1. The fourth-order valence-electron chi connectivity index (χ4n) is 1.68. The first-order valence-corrected chi connectivity index (χ1v) is 8.96. The van der Waals surface area contributed by atoms with E-state index in [0.29, 0.717) is 12.3 Å². The van der Waals surface area contributed by atoms with E-state index < -0.39 is 15.2 Å². The minimum Gasteiger partial charge on any atom is -0.369 e. The molecule has 7 heteroatoms. The van der Waals surface area contributed by atoms with Gasteiger partial charge in [0.1, 0.15) is 12.0 Å². The zero-order valence-corrected chi connectivity index (χ0v) is 12.7. The molecule has 0 aromatic carbocycles. The second-order valence-electron chi connectivity index (χ2n) is 4.43. The summed E-state index contributed by atoms with van der Waals surface area (Å²) in [6.07, 6.45) is -0.0330. The Morgan fingerprint density at radius 3 is 2.72 bits per heavy atom. The van der Waals surface area contributed by atoms with Gasteiger partial charge in [0.15, 0.2) is 9.84 Å². The van der Waals surface area contributed by atoms with E-state index in [2.05, 4.69) is 0 Å². The van der Waals surface area contributed by atoms with Gasteiger partial charge in [-0.1, -0.05) is 6.92 Å². The quantitative estimate of drug-likeness (QED) is 0.749. The number of thioether (sulfide) groups is 1. The van der Waals surface area contributed by atoms with Gasteiger partial charge < -0.3 is 9.64 Å². The Kier molecular flexibility index (Phi) is 5.94. The molecule has 1 amide bonds. The van der Waals surface area contributed by atoms with Gasteiger partial charge in [-0.05, 0) is 13.8 Å². The molecule has 0 aliphatic carbocycles. The molecule has 1 heterocycles. The molecule has 0 bridgehead atoms. The molecule has 0 radical (unpaired) electrons. The lowest BCUT2D eigenvalue weighted by atomic mass is 10.4. The van der Waals surface area contributed by atoms with E-state index in [1.54, 1.807) is 18.7 Å². The maximum absolute atomic E-state index is 12.0. The van der Waals surface area contributed by atoms with Gasteiger partial charge in [-0.15, -0.1) is 0 Å². The SMILES string of the molecule is CCS(=O)(=O)C1CSCCN1C(=O)COC(C)C. The summed E-state index contributed by atoms with van der Waals surface area (Å²) in [6.45, 7) is 5.74. The molecule has 18 heavy (non-hydrogen) atoms. The highest BCUT2D eigenvalue weighted by Crippen LogP contribution is 2.21. The predicted molar refractivity (Wildman–Crippen MR) is 73.4 cm³/mol. The van der Waals surface area contributed by atoms with Crippen molar-refractivity contribution in [3.63, 3.8) is 0 Å². The molecule has 1 aliphatic rings. The zero-order chi connectivity index (χ0) is 13.8. The van der Waals surface area contributed by atoms with Gasteiger partial charge in [0.25, 0.3) is 0 Å². The number of rotatable bonds is 5. The third kappa shape index (κ3) is 4.13. The summed E-state index contributed by atoms with van der Waals surface area (Å²) < 4.78 is 29.2. The summed E-state index contributed by atoms with van der Waals surface area (Å²) in [5, 5.41) is -0.690. The predicted octanol–water partition coefficient (Wildman–Crippen LogP) is 0.748. The first-order valence-electron chi connectivity index (χ1n) is 6.09. The lowest BCUT2D eigenvalue weighted by Gasteiger charge is -2.34. The van der Waals surface area contributed by atoms with Crippen molar-refractivity contribution >= 4 is 27.5 Å². The molecule has 0 N–H and O–H groups in total.